The summed E-state index contributed by atoms with van der Waals surface area (Å²) in [5.74, 6) is 1.37. The van der Waals surface area contributed by atoms with Crippen LogP contribution in [0.2, 0.25) is 0 Å². The van der Waals surface area contributed by atoms with Crippen molar-refractivity contribution in [2.75, 3.05) is 40.8 Å². The molecule has 0 fully saturated rings. The fraction of sp³-hybridized carbons (Fsp3) is 0.348. The van der Waals surface area contributed by atoms with Crippen LogP contribution in [-0.2, 0) is 13.0 Å². The molecule has 3 N–H and O–H groups in total. The van der Waals surface area contributed by atoms with Crippen molar-refractivity contribution in [3.8, 4) is 5.75 Å². The number of H-pyrrole nitrogens is 1. The van der Waals surface area contributed by atoms with Crippen molar-refractivity contribution in [2.45, 2.75) is 13.0 Å². The van der Waals surface area contributed by atoms with E-state index in [-0.39, 0.29) is 29.8 Å². The number of hydrogen-bond donors (Lipinski definition) is 3. The van der Waals surface area contributed by atoms with Gasteiger partial charge in [0.15, 0.2) is 5.96 Å². The van der Waals surface area contributed by atoms with Crippen molar-refractivity contribution in [1.82, 2.24) is 20.5 Å². The van der Waals surface area contributed by atoms with Gasteiger partial charge in [-0.2, -0.15) is 0 Å². The Morgan fingerprint density at radius 1 is 1.16 bits per heavy atom. The first kappa shape index (κ1) is 24.9. The Bertz CT molecular complexity index is 989. The molecule has 3 aromatic rings. The fourth-order valence-corrected chi connectivity index (χ4v) is 3.17. The van der Waals surface area contributed by atoms with E-state index in [1.807, 2.05) is 38.5 Å². The van der Waals surface area contributed by atoms with Crippen molar-refractivity contribution in [1.29, 1.82) is 0 Å². The first-order valence-electron chi connectivity index (χ1n) is 10.1. The predicted molar refractivity (Wildman–Crippen MR) is 136 cm³/mol. The van der Waals surface area contributed by atoms with E-state index >= 15 is 0 Å². The summed E-state index contributed by atoms with van der Waals surface area (Å²) < 4.78 is 19.3. The van der Waals surface area contributed by atoms with Crippen LogP contribution in [0.15, 0.2) is 53.7 Å². The number of aromatic nitrogens is 1. The molecule has 0 saturated heterocycles. The Morgan fingerprint density at radius 3 is 2.77 bits per heavy atom. The van der Waals surface area contributed by atoms with E-state index in [1.165, 1.54) is 6.07 Å². The molecule has 6 nitrogen and oxygen atoms in total. The highest BCUT2D eigenvalue weighted by Gasteiger charge is 2.06. The third-order valence-electron chi connectivity index (χ3n) is 4.81. The second kappa shape index (κ2) is 12.5. The van der Waals surface area contributed by atoms with Gasteiger partial charge in [0.1, 0.15) is 18.2 Å². The number of hydrogen-bond acceptors (Lipinski definition) is 3. The number of aromatic amines is 1. The molecule has 168 valence electrons. The zero-order valence-electron chi connectivity index (χ0n) is 18.2. The standard InChI is InChI=1S/C23H30FN5O.HI/c1-25-23(26-10-9-18-16-27-22-8-7-19(24)14-21(18)22)28-15-17-5-4-6-20(13-17)30-12-11-29(2)3;/h4-8,13-14,16,27H,9-12,15H2,1-3H3,(H2,25,26,28);1H. The molecule has 0 radical (unpaired) electrons. The predicted octanol–water partition coefficient (Wildman–Crippen LogP) is 3.77. The van der Waals surface area contributed by atoms with Crippen molar-refractivity contribution in [2.24, 2.45) is 4.99 Å². The Hall–Kier alpha value is -2.33. The Morgan fingerprint density at radius 2 is 2.00 bits per heavy atom. The first-order chi connectivity index (χ1) is 14.5. The number of nitrogens with zero attached hydrogens (tertiary/aromatic N) is 2. The molecule has 8 heteroatoms. The zero-order chi connectivity index (χ0) is 21.3. The molecule has 31 heavy (non-hydrogen) atoms. The van der Waals surface area contributed by atoms with Crippen LogP contribution in [0.5, 0.6) is 5.75 Å². The number of benzene rings is 2. The quantitative estimate of drug-likeness (QED) is 0.220. The second-order valence-corrected chi connectivity index (χ2v) is 7.41. The summed E-state index contributed by atoms with van der Waals surface area (Å²) in [7, 11) is 5.80. The maximum absolute atomic E-state index is 13.5. The normalized spacial score (nSPS) is 11.5. The molecule has 0 atom stereocenters. The molecule has 1 heterocycles. The van der Waals surface area contributed by atoms with Crippen LogP contribution in [0, 0.1) is 5.82 Å². The topological polar surface area (TPSA) is 64.7 Å². The molecule has 0 amide bonds. The van der Waals surface area contributed by atoms with E-state index in [4.69, 9.17) is 4.74 Å². The molecule has 3 rings (SSSR count). The van der Waals surface area contributed by atoms with Gasteiger partial charge >= 0.3 is 0 Å². The molecule has 0 saturated carbocycles. The van der Waals surface area contributed by atoms with Crippen LogP contribution in [0.25, 0.3) is 10.9 Å². The fourth-order valence-electron chi connectivity index (χ4n) is 3.17. The third kappa shape index (κ3) is 7.70. The number of likely N-dealkylation sites (N-methyl/N-ethyl adjacent to an activating group) is 1. The first-order valence-corrected chi connectivity index (χ1v) is 10.1. The van der Waals surface area contributed by atoms with Crippen molar-refractivity contribution < 1.29 is 9.13 Å². The van der Waals surface area contributed by atoms with E-state index in [1.54, 1.807) is 19.2 Å². The van der Waals surface area contributed by atoms with Gasteiger partial charge in [-0.3, -0.25) is 4.99 Å². The lowest BCUT2D eigenvalue weighted by molar-refractivity contribution is 0.261. The smallest absolute Gasteiger partial charge is 0.191 e. The van der Waals surface area contributed by atoms with E-state index in [0.717, 1.165) is 46.7 Å². The number of ether oxygens (including phenoxy) is 1. The summed E-state index contributed by atoms with van der Waals surface area (Å²) in [6, 6.07) is 12.9. The highest BCUT2D eigenvalue weighted by molar-refractivity contribution is 14.0. The van der Waals surface area contributed by atoms with Gasteiger partial charge in [0.05, 0.1) is 0 Å². The third-order valence-corrected chi connectivity index (χ3v) is 4.81. The average molecular weight is 539 g/mol. The van der Waals surface area contributed by atoms with Gasteiger partial charge in [-0.05, 0) is 62.0 Å². The summed E-state index contributed by atoms with van der Waals surface area (Å²) in [6.07, 6.45) is 2.70. The van der Waals surface area contributed by atoms with Gasteiger partial charge in [0, 0.05) is 43.8 Å². The monoisotopic (exact) mass is 539 g/mol. The molecule has 2 aromatic carbocycles. The van der Waals surface area contributed by atoms with Gasteiger partial charge in [0.2, 0.25) is 0 Å². The minimum atomic E-state index is -0.221. The number of aliphatic imine (C=N–C) groups is 1. The second-order valence-electron chi connectivity index (χ2n) is 7.41. The van der Waals surface area contributed by atoms with Crippen LogP contribution >= 0.6 is 24.0 Å². The van der Waals surface area contributed by atoms with Crippen LogP contribution in [0.3, 0.4) is 0 Å². The van der Waals surface area contributed by atoms with Crippen LogP contribution in [0.4, 0.5) is 4.39 Å². The Labute approximate surface area is 200 Å². The van der Waals surface area contributed by atoms with Crippen LogP contribution in [-0.4, -0.2) is 56.7 Å². The summed E-state index contributed by atoms with van der Waals surface area (Å²) in [4.78, 5) is 9.56. The molecule has 0 bridgehead atoms. The number of guanidine groups is 1. The van der Waals surface area contributed by atoms with Crippen LogP contribution in [0.1, 0.15) is 11.1 Å². The minimum absolute atomic E-state index is 0. The molecule has 0 aliphatic carbocycles. The van der Waals surface area contributed by atoms with Crippen molar-refractivity contribution in [3.05, 3.63) is 65.6 Å². The Kier molecular flexibility index (Phi) is 10.1. The maximum Gasteiger partial charge on any atom is 0.191 e. The van der Waals surface area contributed by atoms with Gasteiger partial charge in [-0.25, -0.2) is 4.39 Å². The molecule has 0 unspecified atom stereocenters. The number of halogens is 2. The number of rotatable bonds is 9. The SMILES string of the molecule is CN=C(NCCc1c[nH]c2ccc(F)cc12)NCc1cccc(OCCN(C)C)c1.I. The maximum atomic E-state index is 13.5. The lowest BCUT2D eigenvalue weighted by Crippen LogP contribution is -2.37. The molecular formula is C23H31FIN5O. The van der Waals surface area contributed by atoms with Crippen LogP contribution < -0.4 is 15.4 Å². The zero-order valence-corrected chi connectivity index (χ0v) is 20.6. The Balaban J connectivity index is 0.00000341. The summed E-state index contributed by atoms with van der Waals surface area (Å²) in [5, 5.41) is 7.56. The van der Waals surface area contributed by atoms with E-state index < -0.39 is 0 Å². The average Bonchev–Trinajstić information content (AvgIpc) is 3.12. The van der Waals surface area contributed by atoms with Gasteiger partial charge in [0.25, 0.3) is 0 Å². The lowest BCUT2D eigenvalue weighted by Gasteiger charge is -2.13. The molecule has 0 aliphatic heterocycles. The molecule has 0 aliphatic rings. The number of fused-ring (bicyclic) bond motifs is 1. The van der Waals surface area contributed by atoms with Crippen molar-refractivity contribution in [3.63, 3.8) is 0 Å². The summed E-state index contributed by atoms with van der Waals surface area (Å²) in [5.41, 5.74) is 3.14. The van der Waals surface area contributed by atoms with Gasteiger partial charge in [-0.15, -0.1) is 24.0 Å². The summed E-state index contributed by atoms with van der Waals surface area (Å²) in [6.45, 7) is 2.87. The van der Waals surface area contributed by atoms with Gasteiger partial charge < -0.3 is 25.3 Å². The highest BCUT2D eigenvalue weighted by atomic mass is 127. The highest BCUT2D eigenvalue weighted by Crippen LogP contribution is 2.19. The van der Waals surface area contributed by atoms with E-state index in [9.17, 15) is 4.39 Å². The summed E-state index contributed by atoms with van der Waals surface area (Å²) >= 11 is 0. The minimum Gasteiger partial charge on any atom is -0.492 e. The van der Waals surface area contributed by atoms with E-state index in [2.05, 4.69) is 31.6 Å². The molecule has 1 aromatic heterocycles. The molecule has 0 spiro atoms. The van der Waals surface area contributed by atoms with Gasteiger partial charge in [-0.1, -0.05) is 12.1 Å². The van der Waals surface area contributed by atoms with Crippen molar-refractivity contribution >= 4 is 40.8 Å². The van der Waals surface area contributed by atoms with E-state index in [0.29, 0.717) is 19.7 Å². The largest absolute Gasteiger partial charge is 0.492 e. The number of nitrogens with one attached hydrogen (secondary N) is 3. The molecular weight excluding hydrogens is 508 g/mol. The lowest BCUT2D eigenvalue weighted by atomic mass is 10.1.